The Hall–Kier alpha value is -6.81. The lowest BCUT2D eigenvalue weighted by atomic mass is 10.0. The molecule has 0 radical (unpaired) electrons. The molecule has 4 atom stereocenters. The summed E-state index contributed by atoms with van der Waals surface area (Å²) in [4.78, 5) is 91.1. The first-order valence-electron chi connectivity index (χ1n) is 27.6. The Morgan fingerprint density at radius 2 is 1.62 bits per heavy atom. The van der Waals surface area contributed by atoms with E-state index in [2.05, 4.69) is 43.3 Å². The second kappa shape index (κ2) is 38.3. The summed E-state index contributed by atoms with van der Waals surface area (Å²) >= 11 is 28.6. The highest BCUT2D eigenvalue weighted by Crippen LogP contribution is 2.39. The average Bonchev–Trinajstić information content (AvgIpc) is 1.41. The predicted molar refractivity (Wildman–Crippen MR) is 344 cm³/mol. The van der Waals surface area contributed by atoms with Crippen molar-refractivity contribution in [3.63, 3.8) is 0 Å². The van der Waals surface area contributed by atoms with Crippen LogP contribution in [0.2, 0.25) is 10.3 Å². The van der Waals surface area contributed by atoms with E-state index >= 15 is 0 Å². The van der Waals surface area contributed by atoms with Gasteiger partial charge >= 0.3 is 24.1 Å². The van der Waals surface area contributed by atoms with Crippen LogP contribution in [0.1, 0.15) is 88.9 Å². The van der Waals surface area contributed by atoms with Gasteiger partial charge in [-0.15, -0.1) is 11.6 Å². The topological polar surface area (TPSA) is 327 Å². The fraction of sp³-hybridized carbons (Fsp3) is 0.448. The molecule has 6 N–H and O–H groups in total. The summed E-state index contributed by atoms with van der Waals surface area (Å²) in [6.45, 7) is 19.7. The lowest BCUT2D eigenvalue weighted by Gasteiger charge is -2.35. The van der Waals surface area contributed by atoms with Crippen molar-refractivity contribution < 1.29 is 80.3 Å². The Morgan fingerprint density at radius 1 is 0.967 bits per heavy atom. The zero-order valence-electron chi connectivity index (χ0n) is 51.6. The van der Waals surface area contributed by atoms with Gasteiger partial charge in [-0.25, -0.2) is 9.59 Å². The molecule has 1 aromatic heterocycles. The van der Waals surface area contributed by atoms with Crippen molar-refractivity contribution in [2.75, 3.05) is 79.2 Å². The Balaban J connectivity index is 0.000000405. The number of nitrogens with one attached hydrogen (secondary N) is 2. The Labute approximate surface area is 550 Å². The van der Waals surface area contributed by atoms with Crippen molar-refractivity contribution in [3.8, 4) is 17.2 Å². The number of aryl methyl sites for hydroxylation is 2. The number of para-hydroxylation sites is 3. The number of nitrogens with two attached hydrogens (primary N) is 1. The minimum absolute atomic E-state index is 0.0223. The van der Waals surface area contributed by atoms with Gasteiger partial charge < -0.3 is 59.9 Å². The van der Waals surface area contributed by atoms with E-state index in [9.17, 15) is 51.8 Å². The number of carbonyl (C=O) groups excluding carboxylic acids is 4. The minimum Gasteiger partial charge on any atom is -0.489 e. The van der Waals surface area contributed by atoms with Gasteiger partial charge in [-0.1, -0.05) is 72.1 Å². The van der Waals surface area contributed by atoms with Crippen molar-refractivity contribution in [1.29, 1.82) is 0 Å². The number of alkyl halides is 6. The third-order valence-corrected chi connectivity index (χ3v) is 13.9. The molecule has 0 bridgehead atoms. The molecule has 4 unspecified atom stereocenters. The number of rotatable bonds is 21. The molecule has 0 saturated carbocycles. The number of nitro benzene ring substituents is 1. The average molecular weight is 1400 g/mol. The van der Waals surface area contributed by atoms with E-state index in [0.717, 1.165) is 65.8 Å². The van der Waals surface area contributed by atoms with E-state index in [1.54, 1.807) is 16.9 Å². The number of methoxy groups -OCH3 is 1. The lowest BCUT2D eigenvalue weighted by molar-refractivity contribution is -0.385. The molecule has 5 aromatic rings. The number of nitro groups is 1. The Morgan fingerprint density at radius 3 is 2.15 bits per heavy atom. The Bertz CT molecular complexity index is 3290. The molecule has 0 fully saturated rings. The summed E-state index contributed by atoms with van der Waals surface area (Å²) in [5.74, 6) is -2.26. The van der Waals surface area contributed by atoms with Crippen LogP contribution in [0.3, 0.4) is 0 Å². The quantitative estimate of drug-likeness (QED) is 0.0150. The van der Waals surface area contributed by atoms with Gasteiger partial charge in [0.25, 0.3) is 11.6 Å². The van der Waals surface area contributed by atoms with Gasteiger partial charge in [0, 0.05) is 44.2 Å². The molecule has 33 heteroatoms. The fourth-order valence-electron chi connectivity index (χ4n) is 7.74. The van der Waals surface area contributed by atoms with Gasteiger partial charge in [-0.05, 0) is 127 Å². The molecule has 502 valence electrons. The molecule has 1 aliphatic heterocycles. The number of nitrogens with zero attached hydrogens (tertiary/aromatic N) is 6. The number of hydrogen-bond acceptors (Lipinski definition) is 19. The van der Waals surface area contributed by atoms with Crippen LogP contribution in [0, 0.1) is 17.0 Å². The van der Waals surface area contributed by atoms with Gasteiger partial charge in [0.05, 0.1) is 52.2 Å². The maximum absolute atomic E-state index is 12.7. The molecule has 0 aliphatic carbocycles. The normalized spacial score (nSPS) is 13.7. The van der Waals surface area contributed by atoms with Crippen LogP contribution in [-0.4, -0.2) is 147 Å². The van der Waals surface area contributed by atoms with E-state index < -0.39 is 70.7 Å². The summed E-state index contributed by atoms with van der Waals surface area (Å²) in [5, 5.41) is 25.4. The molecular formula is C58H74Cl5F3N9O15P. The van der Waals surface area contributed by atoms with Crippen LogP contribution in [0.25, 0.3) is 0 Å². The zero-order chi connectivity index (χ0) is 69.1. The second-order valence-corrected chi connectivity index (χ2v) is 25.2. The second-order valence-electron chi connectivity index (χ2n) is 20.5. The van der Waals surface area contributed by atoms with E-state index in [1.165, 1.54) is 13.6 Å². The van der Waals surface area contributed by atoms with Crippen LogP contribution in [-0.2, 0) is 50.6 Å². The van der Waals surface area contributed by atoms with Crippen molar-refractivity contribution in [1.82, 2.24) is 15.0 Å². The molecule has 2 heterocycles. The van der Waals surface area contributed by atoms with Crippen molar-refractivity contribution in [2.45, 2.75) is 110 Å². The number of ether oxygens (including phenoxy) is 5. The number of carbonyl (C=O) groups is 5. The highest BCUT2D eigenvalue weighted by Gasteiger charge is 2.33. The van der Waals surface area contributed by atoms with E-state index in [4.69, 9.17) is 92.7 Å². The first-order valence-corrected chi connectivity index (χ1v) is 32.0. The summed E-state index contributed by atoms with van der Waals surface area (Å²) < 4.78 is 74.1. The standard InChI is InChI=1S/C18H13ClF3NO7.C15H22ClNO2.C11H11Cl2NO2.C9H16ClN5.C5H12NO4P/c1-2-28-16(24)9-29-17(25)12-8-11(4-5-14(12)23(26)27)30-15-6-3-10(7-13(15)19)18(20,21)22;1-5-13-8-6-7-11(2)15(13)17(14(18)9-16)12(3)10-19-4;1-7-6-16-9-5-3-2-4-8(9)14(7)11(15)10(12)13;1-5-11-7-12-6(10)13-8(14-7)15-9(2,3)4;1-11(9,10)3-2-4(6)5(7)8/h3-8H,2,9H2,1H3;6-8,12H,5,9-10H2,1-4H3;2-5,7,10H,6H2,1H3;5H2,1-4H3,(H2,11,12,13,14,15);4H,2-3,6H2,1H3,(H,7,8)(H,9,10). The number of aromatic nitrogens is 3. The number of carboxylic acid groups (broad SMARTS) is 1. The molecule has 24 nitrogen and oxygen atoms in total. The van der Waals surface area contributed by atoms with Crippen LogP contribution in [0.4, 0.5) is 42.1 Å². The number of esters is 2. The molecule has 1 aliphatic rings. The predicted octanol–water partition coefficient (Wildman–Crippen LogP) is 12.4. The van der Waals surface area contributed by atoms with Crippen LogP contribution < -0.4 is 35.6 Å². The molecule has 6 rings (SSSR count). The molecule has 91 heavy (non-hydrogen) atoms. The highest BCUT2D eigenvalue weighted by atomic mass is 35.5. The van der Waals surface area contributed by atoms with Crippen LogP contribution in [0.15, 0.2) is 78.9 Å². The zero-order valence-corrected chi connectivity index (χ0v) is 56.3. The highest BCUT2D eigenvalue weighted by molar-refractivity contribution is 7.57. The number of fused-ring (bicyclic) bond motifs is 1. The summed E-state index contributed by atoms with van der Waals surface area (Å²) in [6, 6.07) is 17.6. The number of hydrogen-bond donors (Lipinski definition) is 5. The fourth-order valence-corrected chi connectivity index (χ4v) is 9.21. The van der Waals surface area contributed by atoms with Crippen LogP contribution in [0.5, 0.6) is 17.2 Å². The number of aliphatic carboxylic acids is 1. The van der Waals surface area contributed by atoms with Crippen molar-refractivity contribution >= 4 is 124 Å². The van der Waals surface area contributed by atoms with E-state index in [-0.39, 0.29) is 76.3 Å². The van der Waals surface area contributed by atoms with Crippen molar-refractivity contribution in [2.24, 2.45) is 5.73 Å². The van der Waals surface area contributed by atoms with Gasteiger partial charge in [0.15, 0.2) is 18.8 Å². The number of halogens is 8. The SMILES string of the molecule is CC1COc2ccccc2N1C(=O)C(Cl)Cl.CCNc1nc(Cl)nc(NC(C)(C)C)n1.CCOC(=O)COC(=O)c1cc(Oc2ccc(C(F)(F)F)cc2Cl)ccc1[N+](=O)[O-].CCc1cccc(C)c1N(C(=O)CCl)C(C)COC.CP(=O)(O)CCC(N)C(=O)O. The van der Waals surface area contributed by atoms with Gasteiger partial charge in [0.1, 0.15) is 41.3 Å². The number of carboxylic acids is 1. The molecule has 0 saturated heterocycles. The monoisotopic (exact) mass is 1400 g/mol. The molecule has 0 spiro atoms. The largest absolute Gasteiger partial charge is 0.489 e. The molecule has 2 amide bonds. The first-order chi connectivity index (χ1) is 42.4. The maximum atomic E-state index is 12.7. The maximum Gasteiger partial charge on any atom is 0.416 e. The summed E-state index contributed by atoms with van der Waals surface area (Å²) in [5.41, 5.74) is 6.76. The van der Waals surface area contributed by atoms with E-state index in [0.29, 0.717) is 36.9 Å². The minimum atomic E-state index is -4.61. The molecular weight excluding hydrogens is 1330 g/mol. The molecule has 4 aromatic carbocycles. The smallest absolute Gasteiger partial charge is 0.416 e. The number of benzene rings is 4. The number of anilines is 4. The third-order valence-electron chi connectivity index (χ3n) is 11.7. The Kier molecular flexibility index (Phi) is 33.8. The summed E-state index contributed by atoms with van der Waals surface area (Å²) in [7, 11) is -1.47. The van der Waals surface area contributed by atoms with Crippen LogP contribution >= 0.6 is 65.4 Å². The van der Waals surface area contributed by atoms with E-state index in [1.807, 2.05) is 84.9 Å². The number of amides is 2. The van der Waals surface area contributed by atoms with Gasteiger partial charge in [-0.2, -0.15) is 28.1 Å². The summed E-state index contributed by atoms with van der Waals surface area (Å²) in [6.07, 6.45) is -3.73. The third kappa shape index (κ3) is 27.9. The first kappa shape index (κ1) is 80.3. The van der Waals surface area contributed by atoms with Gasteiger partial charge in [-0.3, -0.25) is 29.1 Å². The van der Waals surface area contributed by atoms with Crippen molar-refractivity contribution in [3.05, 3.63) is 122 Å². The van der Waals surface area contributed by atoms with Gasteiger partial charge in [0.2, 0.25) is 23.1 Å². The lowest BCUT2D eigenvalue weighted by Crippen LogP contribution is -2.47.